The molecule has 560 valence electrons. The molecule has 10 aromatic heterocycles. The molecule has 0 fully saturated rings. The monoisotopic (exact) mass is 1500 g/mol. The van der Waals surface area contributed by atoms with Gasteiger partial charge in [-0.25, -0.2) is 32.8 Å². The first-order valence-electron chi connectivity index (χ1n) is 38.6. The molecule has 0 aliphatic heterocycles. The average molecular weight is 1500 g/mol. The zero-order chi connectivity index (χ0) is 79.1. The second-order valence-corrected chi connectivity index (χ2v) is 29.5. The van der Waals surface area contributed by atoms with E-state index < -0.39 is 0 Å². The van der Waals surface area contributed by atoms with Crippen LogP contribution < -0.4 is 22.8 Å². The molecule has 20 rings (SSSR count). The number of benzene rings is 5. The predicted octanol–water partition coefficient (Wildman–Crippen LogP) is 15.7. The minimum Gasteiger partial charge on any atom is -0.265 e. The van der Waals surface area contributed by atoms with Gasteiger partial charge in [-0.1, -0.05) is 133 Å². The molecule has 115 heavy (non-hydrogen) atoms. The molecular weight excluding hydrogens is 1420 g/mol. The third-order valence-corrected chi connectivity index (χ3v) is 21.9. The topological polar surface area (TPSA) is 174 Å². The van der Waals surface area contributed by atoms with Crippen molar-refractivity contribution in [3.05, 3.63) is 376 Å². The van der Waals surface area contributed by atoms with Crippen molar-refractivity contribution in [3.8, 4) is 56.3 Å². The van der Waals surface area contributed by atoms with E-state index >= 15 is 0 Å². The maximum absolute atomic E-state index is 4.62. The SMILES string of the molecule is Cc1ccccc1-c1c2c(nc[n+]1C)C=C(c1ccccn1)C2.Cc1ccccc1-c1c2c(nc[n+]1C)C=C(c1cccnc1)C2.Cc1ccccc1-c1c2c(nc[n+]1C)C=C(c1ccncc1)C2.Cc1ccccc1-c1c2c(nc[n+]1C)C=C(c1ccncn1)C2.Cc1ccccc1-c1c2c(nc[n+]1C)C=C(c1cnccn1)C2. The van der Waals surface area contributed by atoms with E-state index in [1.807, 2.05) is 93.1 Å². The molecule has 17 nitrogen and oxygen atoms in total. The van der Waals surface area contributed by atoms with Gasteiger partial charge in [0, 0.05) is 109 Å². The molecule has 0 amide bonds. The van der Waals surface area contributed by atoms with Gasteiger partial charge in [0.25, 0.3) is 31.6 Å². The van der Waals surface area contributed by atoms with E-state index in [0.29, 0.717) is 0 Å². The highest BCUT2D eigenvalue weighted by molar-refractivity contribution is 5.93. The number of allylic oxidation sites excluding steroid dienone is 5. The molecule has 10 heterocycles. The van der Waals surface area contributed by atoms with Crippen LogP contribution in [0.25, 0.3) is 115 Å². The summed E-state index contributed by atoms with van der Waals surface area (Å²) in [6.45, 7) is 10.8. The Morgan fingerprint density at radius 1 is 0.235 bits per heavy atom. The quantitative estimate of drug-likeness (QED) is 0.119. The highest BCUT2D eigenvalue weighted by Crippen LogP contribution is 2.41. The summed E-state index contributed by atoms with van der Waals surface area (Å²) >= 11 is 0. The van der Waals surface area contributed by atoms with Crippen molar-refractivity contribution in [2.75, 3.05) is 0 Å². The predicted molar refractivity (Wildman–Crippen MR) is 453 cm³/mol. The summed E-state index contributed by atoms with van der Waals surface area (Å²) in [5, 5.41) is 0. The normalized spacial score (nSPS) is 12.9. The highest BCUT2D eigenvalue weighted by Gasteiger charge is 2.33. The smallest absolute Gasteiger partial charge is 0.265 e. The lowest BCUT2D eigenvalue weighted by molar-refractivity contribution is -0.664. The largest absolute Gasteiger partial charge is 0.287 e. The average Bonchev–Trinajstić information content (AvgIpc) is 1.70. The standard InChI is InChI=1S/3C20H18N3.2C19H17N4/c1-14-7-3-4-8-16(14)20-17-11-15(18-9-5-6-10-21-18)12-19(17)22-13-23(20)2;1-14-6-3-4-8-17(14)20-18-10-16(15-7-5-9-21-12-15)11-19(18)22-13-23(20)2;1-14-5-3-4-6-17(14)20-18-11-16(15-7-9-21-10-8-15)12-19(18)22-13-23(20)2;1-13-5-3-4-6-15(13)19-16-9-14(18-11-20-7-8-21-18)10-17(16)22-12-23(19)2;1-13-5-3-4-6-15(13)19-16-9-14(17-7-8-20-11-21-17)10-18(16)22-12-23(19)2/h3-10,12-13H,11H2,1-2H3;3-9,11-13H,10H2,1-2H3;3-10,12-13H,11H2,1-2H3;2*3-8,10-12H,9H2,1-2H3/q5*+1. The summed E-state index contributed by atoms with van der Waals surface area (Å²) in [7, 11) is 10.3. The highest BCUT2D eigenvalue weighted by atomic mass is 15.0. The van der Waals surface area contributed by atoms with Gasteiger partial charge in [-0.3, -0.25) is 24.9 Å². The van der Waals surface area contributed by atoms with E-state index in [0.717, 1.165) is 77.7 Å². The van der Waals surface area contributed by atoms with Gasteiger partial charge in [0.1, 0.15) is 34.8 Å². The summed E-state index contributed by atoms with van der Waals surface area (Å²) in [6.07, 6.45) is 42.5. The first-order valence-corrected chi connectivity index (χ1v) is 38.6. The summed E-state index contributed by atoms with van der Waals surface area (Å²) in [5.41, 5.74) is 42.1. The molecule has 0 saturated heterocycles. The molecule has 5 aromatic carbocycles. The van der Waals surface area contributed by atoms with Gasteiger partial charge in [0.2, 0.25) is 0 Å². The van der Waals surface area contributed by atoms with E-state index in [-0.39, 0.29) is 0 Å². The molecule has 0 radical (unpaired) electrons. The zero-order valence-corrected chi connectivity index (χ0v) is 66.4. The Hall–Kier alpha value is -14.2. The fourth-order valence-corrected chi connectivity index (χ4v) is 16.1. The van der Waals surface area contributed by atoms with E-state index in [9.17, 15) is 0 Å². The lowest BCUT2D eigenvalue weighted by Gasteiger charge is -2.10. The van der Waals surface area contributed by atoms with Gasteiger partial charge in [-0.15, -0.1) is 0 Å². The van der Waals surface area contributed by atoms with Crippen LogP contribution in [0.1, 0.15) is 112 Å². The Morgan fingerprint density at radius 2 is 0.565 bits per heavy atom. The minimum absolute atomic E-state index is 0.833. The molecule has 0 unspecified atom stereocenters. The number of pyridine rings is 3. The van der Waals surface area contributed by atoms with Gasteiger partial charge >= 0.3 is 0 Å². The van der Waals surface area contributed by atoms with Crippen LogP contribution in [0, 0.1) is 34.6 Å². The lowest BCUT2D eigenvalue weighted by Crippen LogP contribution is -2.33. The number of rotatable bonds is 10. The van der Waals surface area contributed by atoms with Crippen LogP contribution in [0.2, 0.25) is 0 Å². The fourth-order valence-electron chi connectivity index (χ4n) is 16.1. The molecular formula is C98H88N17+5. The maximum atomic E-state index is 4.62. The van der Waals surface area contributed by atoms with Crippen molar-refractivity contribution in [2.45, 2.75) is 66.7 Å². The van der Waals surface area contributed by atoms with Crippen LogP contribution in [-0.2, 0) is 67.3 Å². The molecule has 5 aliphatic rings. The van der Waals surface area contributed by atoms with Crippen molar-refractivity contribution < 1.29 is 22.8 Å². The first-order chi connectivity index (χ1) is 56.2. The van der Waals surface area contributed by atoms with Gasteiger partial charge in [-0.05, 0) is 193 Å². The summed E-state index contributed by atoms with van der Waals surface area (Å²) in [6, 6.07) is 58.7. The van der Waals surface area contributed by atoms with Gasteiger partial charge in [-0.2, -0.15) is 0 Å². The number of aryl methyl sites for hydroxylation is 10. The molecule has 17 heteroatoms. The van der Waals surface area contributed by atoms with Gasteiger partial charge in [0.15, 0.2) is 28.5 Å². The van der Waals surface area contributed by atoms with Crippen LogP contribution in [-0.4, -0.2) is 59.8 Å². The number of nitrogens with zero attached hydrogens (tertiary/aromatic N) is 17. The third kappa shape index (κ3) is 15.8. The minimum atomic E-state index is 0.833. The summed E-state index contributed by atoms with van der Waals surface area (Å²) < 4.78 is 10.6. The number of aromatic nitrogens is 17. The van der Waals surface area contributed by atoms with E-state index in [1.54, 1.807) is 24.9 Å². The van der Waals surface area contributed by atoms with Crippen molar-refractivity contribution in [1.82, 2.24) is 59.8 Å². The second-order valence-electron chi connectivity index (χ2n) is 29.5. The van der Waals surface area contributed by atoms with Crippen LogP contribution in [0.4, 0.5) is 0 Å². The molecule has 5 aliphatic carbocycles. The molecule has 0 bridgehead atoms. The zero-order valence-electron chi connectivity index (χ0n) is 66.4. The molecule has 15 aromatic rings. The number of fused-ring (bicyclic) bond motifs is 5. The summed E-state index contributed by atoms with van der Waals surface area (Å²) in [4.78, 5) is 52.8. The Labute approximate surface area is 671 Å². The van der Waals surface area contributed by atoms with Crippen molar-refractivity contribution >= 4 is 58.2 Å². The van der Waals surface area contributed by atoms with Crippen LogP contribution in [0.15, 0.2) is 264 Å². The van der Waals surface area contributed by atoms with Crippen LogP contribution in [0.5, 0.6) is 0 Å². The summed E-state index contributed by atoms with van der Waals surface area (Å²) in [5.74, 6) is 0. The Balaban J connectivity index is 0.000000108. The van der Waals surface area contributed by atoms with E-state index in [4.69, 9.17) is 0 Å². The van der Waals surface area contributed by atoms with Crippen molar-refractivity contribution in [1.29, 1.82) is 0 Å². The Bertz CT molecular complexity index is 5460. The molecule has 0 N–H and O–H groups in total. The first kappa shape index (κ1) is 74.9. The van der Waals surface area contributed by atoms with Gasteiger partial charge < -0.3 is 0 Å². The molecule has 0 spiro atoms. The third-order valence-electron chi connectivity index (χ3n) is 21.9. The number of hydrogen-bond acceptors (Lipinski definition) is 12. The molecule has 0 saturated carbocycles. The van der Waals surface area contributed by atoms with Gasteiger partial charge in [0.05, 0.1) is 86.3 Å². The lowest BCUT2D eigenvalue weighted by atomic mass is 9.98. The fraction of sp³-hybridized carbons (Fsp3) is 0.153. The molecule has 0 atom stereocenters. The van der Waals surface area contributed by atoms with Crippen molar-refractivity contribution in [3.63, 3.8) is 0 Å². The Kier molecular flexibility index (Phi) is 21.7. The van der Waals surface area contributed by atoms with Crippen LogP contribution >= 0.6 is 0 Å². The maximum Gasteiger partial charge on any atom is 0.287 e. The van der Waals surface area contributed by atoms with Crippen molar-refractivity contribution in [2.24, 2.45) is 35.2 Å². The van der Waals surface area contributed by atoms with Crippen LogP contribution in [0.3, 0.4) is 0 Å². The van der Waals surface area contributed by atoms with E-state index in [1.165, 1.54) is 151 Å². The van der Waals surface area contributed by atoms with E-state index in [2.05, 4.69) is 328 Å². The number of hydrogen-bond donors (Lipinski definition) is 0. The second kappa shape index (κ2) is 33.4. The Morgan fingerprint density at radius 3 is 0.904 bits per heavy atom.